The van der Waals surface area contributed by atoms with Crippen LogP contribution < -0.4 is 0 Å². The number of hydrogen-bond acceptors (Lipinski definition) is 9. The van der Waals surface area contributed by atoms with Crippen LogP contribution in [0.25, 0.3) is 0 Å². The Morgan fingerprint density at radius 2 is 1.84 bits per heavy atom. The van der Waals surface area contributed by atoms with E-state index in [0.29, 0.717) is 24.9 Å². The third kappa shape index (κ3) is 10.7. The molecule has 1 aromatic carbocycles. The van der Waals surface area contributed by atoms with Crippen molar-refractivity contribution in [3.63, 3.8) is 0 Å². The molecular formula is C34H50O9. The van der Waals surface area contributed by atoms with Gasteiger partial charge in [-0.2, -0.15) is 0 Å². The molecule has 1 N–H and O–H groups in total. The number of esters is 2. The van der Waals surface area contributed by atoms with E-state index >= 15 is 0 Å². The van der Waals surface area contributed by atoms with Crippen LogP contribution in [0.2, 0.25) is 0 Å². The maximum absolute atomic E-state index is 13.1. The van der Waals surface area contributed by atoms with Crippen molar-refractivity contribution in [1.29, 1.82) is 0 Å². The summed E-state index contributed by atoms with van der Waals surface area (Å²) in [5.74, 6) is -2.71. The summed E-state index contributed by atoms with van der Waals surface area (Å²) in [5, 5.41) is 11.1. The molecule has 1 aromatic rings. The minimum atomic E-state index is -1.64. The molecule has 0 spiro atoms. The Bertz CT molecular complexity index is 1060. The van der Waals surface area contributed by atoms with E-state index in [9.17, 15) is 19.5 Å². The number of carbonyl (C=O) groups is 3. The Morgan fingerprint density at radius 3 is 2.47 bits per heavy atom. The van der Waals surface area contributed by atoms with Crippen LogP contribution in [0.1, 0.15) is 84.6 Å². The Labute approximate surface area is 256 Å². The number of ether oxygens (including phenoxy) is 5. The van der Waals surface area contributed by atoms with Crippen LogP contribution in [0, 0.1) is 5.41 Å². The van der Waals surface area contributed by atoms with E-state index in [0.717, 1.165) is 31.2 Å². The number of unbranched alkanes of at least 4 members (excludes halogenated alkanes) is 4. The number of allylic oxidation sites excluding steroid dienone is 1. The lowest BCUT2D eigenvalue weighted by Gasteiger charge is -2.53. The molecule has 2 rings (SSSR count). The van der Waals surface area contributed by atoms with Gasteiger partial charge in [0.2, 0.25) is 5.79 Å². The normalized spacial score (nSPS) is 23.2. The maximum Gasteiger partial charge on any atom is 0.330 e. The molecule has 1 aliphatic rings. The van der Waals surface area contributed by atoms with E-state index in [2.05, 4.69) is 6.92 Å². The van der Waals surface area contributed by atoms with Crippen molar-refractivity contribution >= 4 is 18.2 Å². The fourth-order valence-electron chi connectivity index (χ4n) is 5.34. The molecule has 0 bridgehead atoms. The molecule has 9 heteroatoms. The summed E-state index contributed by atoms with van der Waals surface area (Å²) in [4.78, 5) is 36.9. The van der Waals surface area contributed by atoms with E-state index in [4.69, 9.17) is 23.7 Å². The van der Waals surface area contributed by atoms with E-state index in [1.807, 2.05) is 30.3 Å². The van der Waals surface area contributed by atoms with Gasteiger partial charge in [-0.25, -0.2) is 4.79 Å². The number of hydrogen-bond donors (Lipinski definition) is 1. The van der Waals surface area contributed by atoms with Gasteiger partial charge in [-0.15, -0.1) is 0 Å². The molecular weight excluding hydrogens is 552 g/mol. The fourth-order valence-corrected chi connectivity index (χ4v) is 5.34. The standard InChI is InChI=1S/C34H50O9/c1-7-8-9-10-14-18-30(37)42-32-27(22-31(38)39-5)21-28(43-34(32,40-6)33(3,4)19-15-20-35)23-29(36)25(2)41-24-26-16-12-11-13-17-26/h11-13,15-17,19-20,22,25,28-29,32,36H,7-10,14,18,21,23-24H2,1-6H3/t25?,28-,29+,32-,34+/m0/s1. The van der Waals surface area contributed by atoms with Crippen LogP contribution in [-0.4, -0.2) is 67.8 Å². The van der Waals surface area contributed by atoms with E-state index < -0.39 is 47.6 Å². The van der Waals surface area contributed by atoms with Crippen LogP contribution in [0.3, 0.4) is 0 Å². The number of aliphatic hydroxyl groups is 1. The van der Waals surface area contributed by atoms with Crippen LogP contribution in [0.4, 0.5) is 0 Å². The van der Waals surface area contributed by atoms with Gasteiger partial charge < -0.3 is 28.8 Å². The third-order valence-corrected chi connectivity index (χ3v) is 7.92. The van der Waals surface area contributed by atoms with Gasteiger partial charge >= 0.3 is 11.9 Å². The molecule has 1 unspecified atom stereocenters. The Morgan fingerprint density at radius 1 is 1.14 bits per heavy atom. The van der Waals surface area contributed by atoms with Gasteiger partial charge in [0.25, 0.3) is 0 Å². The van der Waals surface area contributed by atoms with E-state index in [1.54, 1.807) is 26.8 Å². The lowest BCUT2D eigenvalue weighted by molar-refractivity contribution is -0.338. The smallest absolute Gasteiger partial charge is 0.330 e. The van der Waals surface area contributed by atoms with Crippen LogP contribution in [-0.2, 0) is 44.7 Å². The second kappa shape index (κ2) is 18.1. The van der Waals surface area contributed by atoms with E-state index in [1.165, 1.54) is 26.4 Å². The first kappa shape index (κ1) is 36.3. The van der Waals surface area contributed by atoms with Crippen molar-refractivity contribution in [1.82, 2.24) is 0 Å². The van der Waals surface area contributed by atoms with Crippen molar-refractivity contribution < 1.29 is 43.2 Å². The average molecular weight is 603 g/mol. The average Bonchev–Trinajstić information content (AvgIpc) is 3.00. The first-order chi connectivity index (χ1) is 20.5. The third-order valence-electron chi connectivity index (χ3n) is 7.92. The predicted molar refractivity (Wildman–Crippen MR) is 163 cm³/mol. The van der Waals surface area contributed by atoms with Crippen molar-refractivity contribution in [3.05, 3.63) is 59.7 Å². The van der Waals surface area contributed by atoms with Gasteiger partial charge in [0.1, 0.15) is 6.29 Å². The zero-order valence-electron chi connectivity index (χ0n) is 26.6. The van der Waals surface area contributed by atoms with Gasteiger partial charge in [0.15, 0.2) is 6.10 Å². The molecule has 240 valence electrons. The highest BCUT2D eigenvalue weighted by Crippen LogP contribution is 2.48. The number of aliphatic hydroxyl groups excluding tert-OH is 1. The topological polar surface area (TPSA) is 118 Å². The van der Waals surface area contributed by atoms with Gasteiger partial charge in [-0.3, -0.25) is 9.59 Å². The Balaban J connectivity index is 2.38. The van der Waals surface area contributed by atoms with Crippen LogP contribution in [0.15, 0.2) is 54.1 Å². The summed E-state index contributed by atoms with van der Waals surface area (Å²) in [5.41, 5.74) is 0.390. The second-order valence-electron chi connectivity index (χ2n) is 11.6. The lowest BCUT2D eigenvalue weighted by atomic mass is 9.74. The summed E-state index contributed by atoms with van der Waals surface area (Å²) in [6.45, 7) is 7.83. The SMILES string of the molecule is CCCCCCCC(=O)O[C@H]1C(=CC(=O)OC)C[C@@H](C[C@@H](O)C(C)OCc2ccccc2)O[C@@]1(OC)C(C)(C)C=CC=O. The molecule has 1 aliphatic heterocycles. The highest BCUT2D eigenvalue weighted by atomic mass is 16.7. The number of aldehydes is 1. The molecule has 1 fully saturated rings. The van der Waals surface area contributed by atoms with Gasteiger partial charge in [0.05, 0.1) is 32.0 Å². The zero-order valence-corrected chi connectivity index (χ0v) is 26.6. The van der Waals surface area contributed by atoms with Crippen molar-refractivity contribution in [2.45, 2.75) is 116 Å². The van der Waals surface area contributed by atoms with Crippen LogP contribution in [0.5, 0.6) is 0 Å². The number of carbonyl (C=O) groups excluding carboxylic acids is 3. The monoisotopic (exact) mass is 602 g/mol. The molecule has 9 nitrogen and oxygen atoms in total. The molecule has 5 atom stereocenters. The fraction of sp³-hybridized carbons (Fsp3) is 0.618. The van der Waals surface area contributed by atoms with Gasteiger partial charge in [-0.05, 0) is 37.0 Å². The first-order valence-corrected chi connectivity index (χ1v) is 15.2. The maximum atomic E-state index is 13.1. The largest absolute Gasteiger partial charge is 0.466 e. The van der Waals surface area contributed by atoms with Crippen molar-refractivity contribution in [2.24, 2.45) is 5.41 Å². The molecule has 0 aromatic heterocycles. The Kier molecular flexibility index (Phi) is 15.3. The molecule has 1 saturated heterocycles. The van der Waals surface area contributed by atoms with Crippen molar-refractivity contribution in [2.75, 3.05) is 14.2 Å². The summed E-state index contributed by atoms with van der Waals surface area (Å²) >= 11 is 0. The van der Waals surface area contributed by atoms with Gasteiger partial charge in [0, 0.05) is 31.4 Å². The highest BCUT2D eigenvalue weighted by molar-refractivity contribution is 5.83. The first-order valence-electron chi connectivity index (χ1n) is 15.2. The zero-order chi connectivity index (χ0) is 31.9. The summed E-state index contributed by atoms with van der Waals surface area (Å²) in [7, 11) is 2.70. The number of methoxy groups -OCH3 is 2. The highest BCUT2D eigenvalue weighted by Gasteiger charge is 2.59. The van der Waals surface area contributed by atoms with Crippen molar-refractivity contribution in [3.8, 4) is 0 Å². The quantitative estimate of drug-likeness (QED) is 0.0988. The predicted octanol–water partition coefficient (Wildman–Crippen LogP) is 5.63. The number of rotatable bonds is 18. The molecule has 0 aliphatic carbocycles. The van der Waals surface area contributed by atoms with Crippen LogP contribution >= 0.6 is 0 Å². The molecule has 1 heterocycles. The lowest BCUT2D eigenvalue weighted by Crippen LogP contribution is -2.63. The molecule has 0 saturated carbocycles. The van der Waals surface area contributed by atoms with Gasteiger partial charge in [-0.1, -0.05) is 82.9 Å². The minimum Gasteiger partial charge on any atom is -0.466 e. The molecule has 0 amide bonds. The molecule has 43 heavy (non-hydrogen) atoms. The summed E-state index contributed by atoms with van der Waals surface area (Å²) in [6, 6.07) is 9.66. The minimum absolute atomic E-state index is 0.144. The summed E-state index contributed by atoms with van der Waals surface area (Å²) < 4.78 is 29.6. The second-order valence-corrected chi connectivity index (χ2v) is 11.6. The number of benzene rings is 1. The Hall–Kier alpha value is -2.85. The molecule has 0 radical (unpaired) electrons. The van der Waals surface area contributed by atoms with E-state index in [-0.39, 0.29) is 19.3 Å². The summed E-state index contributed by atoms with van der Waals surface area (Å²) in [6.07, 6.45) is 7.00.